The Morgan fingerprint density at radius 1 is 0.939 bits per heavy atom. The number of nitrogens with one attached hydrogen (secondary N) is 1. The zero-order valence-corrected chi connectivity index (χ0v) is 20.2. The Labute approximate surface area is 196 Å². The molecule has 0 bridgehead atoms. The maximum atomic E-state index is 13.4. The first kappa shape index (κ1) is 24.3. The molecule has 7 heteroatoms. The Bertz CT molecular complexity index is 1190. The van der Waals surface area contributed by atoms with Crippen LogP contribution in [0.25, 0.3) is 0 Å². The van der Waals surface area contributed by atoms with Crippen LogP contribution < -0.4 is 14.4 Å². The highest BCUT2D eigenvalue weighted by Crippen LogP contribution is 2.25. The van der Waals surface area contributed by atoms with Gasteiger partial charge in [0.1, 0.15) is 18.9 Å². The van der Waals surface area contributed by atoms with Crippen LogP contribution in [0.15, 0.2) is 77.7 Å². The van der Waals surface area contributed by atoms with E-state index in [1.807, 2.05) is 58.0 Å². The van der Waals surface area contributed by atoms with Gasteiger partial charge in [-0.3, -0.25) is 9.10 Å². The molecule has 3 rings (SSSR count). The van der Waals surface area contributed by atoms with Crippen molar-refractivity contribution in [3.8, 4) is 5.75 Å². The highest BCUT2D eigenvalue weighted by molar-refractivity contribution is 7.92. The minimum absolute atomic E-state index is 0.131. The van der Waals surface area contributed by atoms with Crippen LogP contribution >= 0.6 is 0 Å². The van der Waals surface area contributed by atoms with Crippen molar-refractivity contribution in [2.45, 2.75) is 38.6 Å². The molecule has 1 amide bonds. The maximum Gasteiger partial charge on any atom is 0.264 e. The summed E-state index contributed by atoms with van der Waals surface area (Å²) in [4.78, 5) is 13.0. The molecule has 1 N–H and O–H groups in total. The highest BCUT2D eigenvalue weighted by atomic mass is 32.2. The summed E-state index contributed by atoms with van der Waals surface area (Å²) in [5, 5.41) is 2.84. The lowest BCUT2D eigenvalue weighted by Crippen LogP contribution is -2.45. The van der Waals surface area contributed by atoms with Crippen molar-refractivity contribution < 1.29 is 17.9 Å². The van der Waals surface area contributed by atoms with Gasteiger partial charge in [-0.25, -0.2) is 8.42 Å². The number of hydrogen-bond donors (Lipinski definition) is 1. The second-order valence-corrected chi connectivity index (χ2v) is 10.0. The molecule has 0 heterocycles. The molecule has 0 saturated heterocycles. The Morgan fingerprint density at radius 3 is 2.24 bits per heavy atom. The molecule has 33 heavy (non-hydrogen) atoms. The van der Waals surface area contributed by atoms with E-state index >= 15 is 0 Å². The van der Waals surface area contributed by atoms with E-state index in [2.05, 4.69) is 5.32 Å². The summed E-state index contributed by atoms with van der Waals surface area (Å²) in [5.41, 5.74) is 3.57. The number of carbonyl (C=O) groups excluding carboxylic acids is 1. The third-order valence-corrected chi connectivity index (χ3v) is 7.11. The van der Waals surface area contributed by atoms with Gasteiger partial charge in [-0.1, -0.05) is 42.0 Å². The molecule has 3 aromatic carbocycles. The van der Waals surface area contributed by atoms with Gasteiger partial charge in [0.15, 0.2) is 0 Å². The van der Waals surface area contributed by atoms with Crippen LogP contribution in [0.2, 0.25) is 0 Å². The van der Waals surface area contributed by atoms with Crippen molar-refractivity contribution >= 4 is 21.6 Å². The Hall–Kier alpha value is -3.32. The van der Waals surface area contributed by atoms with Crippen LogP contribution in [0.5, 0.6) is 5.75 Å². The fourth-order valence-electron chi connectivity index (χ4n) is 3.26. The number of amides is 1. The quantitative estimate of drug-likeness (QED) is 0.507. The molecule has 0 fully saturated rings. The average Bonchev–Trinajstić information content (AvgIpc) is 2.79. The van der Waals surface area contributed by atoms with E-state index in [1.165, 1.54) is 12.1 Å². The molecule has 6 nitrogen and oxygen atoms in total. The molecule has 0 aliphatic rings. The molecule has 174 valence electrons. The van der Waals surface area contributed by atoms with E-state index in [4.69, 9.17) is 4.74 Å². The van der Waals surface area contributed by atoms with Crippen LogP contribution in [0.3, 0.4) is 0 Å². The van der Waals surface area contributed by atoms with Crippen LogP contribution in [-0.4, -0.2) is 33.5 Å². The summed E-state index contributed by atoms with van der Waals surface area (Å²) in [7, 11) is -3.93. The molecular weight excluding hydrogens is 436 g/mol. The standard InChI is InChI=1S/C26H30N2O4S/c1-19-10-14-24(15-11-19)32-18-22(4)27-26(29)17-28(23-13-12-20(2)21(3)16-23)33(30,31)25-8-6-5-7-9-25/h5-16,22H,17-18H2,1-4H3,(H,27,29). The van der Waals surface area contributed by atoms with Crippen molar-refractivity contribution in [2.24, 2.45) is 0 Å². The number of aryl methyl sites for hydroxylation is 3. The number of sulfonamides is 1. The molecule has 0 spiro atoms. The predicted molar refractivity (Wildman–Crippen MR) is 131 cm³/mol. The Morgan fingerprint density at radius 2 is 1.61 bits per heavy atom. The van der Waals surface area contributed by atoms with E-state index in [-0.39, 0.29) is 24.1 Å². The molecule has 1 unspecified atom stereocenters. The Balaban J connectivity index is 1.75. The Kier molecular flexibility index (Phi) is 7.76. The van der Waals surface area contributed by atoms with Crippen LogP contribution in [0.1, 0.15) is 23.6 Å². The number of ether oxygens (including phenoxy) is 1. The van der Waals surface area contributed by atoms with E-state index in [0.29, 0.717) is 11.4 Å². The normalized spacial score (nSPS) is 12.1. The summed E-state index contributed by atoms with van der Waals surface area (Å²) in [6.45, 7) is 7.61. The van der Waals surface area contributed by atoms with E-state index in [1.54, 1.807) is 30.3 Å². The van der Waals surface area contributed by atoms with Gasteiger partial charge in [0.2, 0.25) is 5.91 Å². The number of carbonyl (C=O) groups is 1. The third-order valence-electron chi connectivity index (χ3n) is 5.33. The van der Waals surface area contributed by atoms with Gasteiger partial charge in [0.05, 0.1) is 16.6 Å². The summed E-state index contributed by atoms with van der Waals surface area (Å²) in [6, 6.07) is 20.8. The smallest absolute Gasteiger partial charge is 0.264 e. The monoisotopic (exact) mass is 466 g/mol. The molecular formula is C26H30N2O4S. The molecule has 0 aromatic heterocycles. The fourth-order valence-corrected chi connectivity index (χ4v) is 4.70. The number of hydrogen-bond acceptors (Lipinski definition) is 4. The number of rotatable bonds is 9. The summed E-state index contributed by atoms with van der Waals surface area (Å²) in [5.74, 6) is 0.304. The van der Waals surface area contributed by atoms with Crippen molar-refractivity contribution in [3.63, 3.8) is 0 Å². The first-order valence-electron chi connectivity index (χ1n) is 10.8. The van der Waals surface area contributed by atoms with E-state index in [0.717, 1.165) is 21.0 Å². The van der Waals surface area contributed by atoms with Gasteiger partial charge in [0.25, 0.3) is 10.0 Å². The fraction of sp³-hybridized carbons (Fsp3) is 0.269. The van der Waals surface area contributed by atoms with E-state index < -0.39 is 15.9 Å². The number of anilines is 1. The van der Waals surface area contributed by atoms with Crippen LogP contribution in [0, 0.1) is 20.8 Å². The zero-order valence-electron chi connectivity index (χ0n) is 19.4. The van der Waals surface area contributed by atoms with Crippen molar-refractivity contribution in [2.75, 3.05) is 17.5 Å². The number of nitrogens with zero attached hydrogens (tertiary/aromatic N) is 1. The van der Waals surface area contributed by atoms with Crippen LogP contribution in [-0.2, 0) is 14.8 Å². The van der Waals surface area contributed by atoms with Crippen molar-refractivity contribution in [1.29, 1.82) is 0 Å². The van der Waals surface area contributed by atoms with Gasteiger partial charge in [-0.15, -0.1) is 0 Å². The molecule has 0 aliphatic heterocycles. The second-order valence-electron chi connectivity index (χ2n) is 8.19. The van der Waals surface area contributed by atoms with Crippen molar-refractivity contribution in [3.05, 3.63) is 89.5 Å². The summed E-state index contributed by atoms with van der Waals surface area (Å²) >= 11 is 0. The largest absolute Gasteiger partial charge is 0.491 e. The topological polar surface area (TPSA) is 75.7 Å². The third kappa shape index (κ3) is 6.35. The molecule has 1 atom stereocenters. The minimum atomic E-state index is -3.93. The van der Waals surface area contributed by atoms with Gasteiger partial charge in [0, 0.05) is 0 Å². The highest BCUT2D eigenvalue weighted by Gasteiger charge is 2.27. The summed E-state index contributed by atoms with van der Waals surface area (Å²) in [6.07, 6.45) is 0. The van der Waals surface area contributed by atoms with E-state index in [9.17, 15) is 13.2 Å². The lowest BCUT2D eigenvalue weighted by atomic mass is 10.1. The average molecular weight is 467 g/mol. The van der Waals surface area contributed by atoms with Gasteiger partial charge >= 0.3 is 0 Å². The maximum absolute atomic E-state index is 13.4. The lowest BCUT2D eigenvalue weighted by Gasteiger charge is -2.25. The SMILES string of the molecule is Cc1ccc(OCC(C)NC(=O)CN(c2ccc(C)c(C)c2)S(=O)(=O)c2ccccc2)cc1. The van der Waals surface area contributed by atoms with Gasteiger partial charge < -0.3 is 10.1 Å². The first-order valence-corrected chi connectivity index (χ1v) is 12.2. The molecule has 0 radical (unpaired) electrons. The van der Waals surface area contributed by atoms with Gasteiger partial charge in [-0.05, 0) is 75.2 Å². The van der Waals surface area contributed by atoms with Gasteiger partial charge in [-0.2, -0.15) is 0 Å². The molecule has 3 aromatic rings. The molecule has 0 aliphatic carbocycles. The zero-order chi connectivity index (χ0) is 24.0. The first-order chi connectivity index (χ1) is 15.7. The lowest BCUT2D eigenvalue weighted by molar-refractivity contribution is -0.120. The van der Waals surface area contributed by atoms with Crippen LogP contribution in [0.4, 0.5) is 5.69 Å². The predicted octanol–water partition coefficient (Wildman–Crippen LogP) is 4.39. The minimum Gasteiger partial charge on any atom is -0.491 e. The number of benzene rings is 3. The second kappa shape index (κ2) is 10.5. The summed E-state index contributed by atoms with van der Waals surface area (Å²) < 4.78 is 33.7. The molecule has 0 saturated carbocycles. The van der Waals surface area contributed by atoms with Crippen molar-refractivity contribution in [1.82, 2.24) is 5.32 Å².